The molecule has 0 aliphatic carbocycles. The van der Waals surface area contributed by atoms with Crippen LogP contribution in [0, 0.1) is 19.8 Å². The second-order valence-electron chi connectivity index (χ2n) is 7.55. The maximum atomic E-state index is 12.9. The van der Waals surface area contributed by atoms with Crippen molar-refractivity contribution in [3.8, 4) is 0 Å². The lowest BCUT2D eigenvalue weighted by Gasteiger charge is -2.32. The number of benzene rings is 2. The molecule has 152 valence electrons. The molecule has 2 aromatic carbocycles. The Labute approximate surface area is 179 Å². The van der Waals surface area contributed by atoms with Crippen LogP contribution in [-0.2, 0) is 5.75 Å². The number of hydrogen-bond donors (Lipinski definition) is 1. The van der Waals surface area contributed by atoms with Gasteiger partial charge in [0.1, 0.15) is 0 Å². The van der Waals surface area contributed by atoms with Crippen molar-refractivity contribution in [2.45, 2.75) is 37.3 Å². The number of rotatable bonds is 6. The predicted octanol–water partition coefficient (Wildman–Crippen LogP) is 5.09. The van der Waals surface area contributed by atoms with E-state index in [2.05, 4.69) is 49.5 Å². The Morgan fingerprint density at radius 1 is 1.14 bits per heavy atom. The van der Waals surface area contributed by atoms with Gasteiger partial charge in [-0.2, -0.15) is 0 Å². The highest BCUT2D eigenvalue weighted by atomic mass is 35.5. The van der Waals surface area contributed by atoms with Crippen LogP contribution in [-0.4, -0.2) is 37.5 Å². The third-order valence-corrected chi connectivity index (χ3v) is 6.54. The number of hydrogen-bond acceptors (Lipinski definition) is 3. The van der Waals surface area contributed by atoms with E-state index >= 15 is 0 Å². The van der Waals surface area contributed by atoms with Crippen LogP contribution in [0.5, 0.6) is 0 Å². The molecule has 28 heavy (non-hydrogen) atoms. The second-order valence-corrected chi connectivity index (χ2v) is 8.57. The summed E-state index contributed by atoms with van der Waals surface area (Å²) in [6.07, 6.45) is 2.18. The third-order valence-electron chi connectivity index (χ3n) is 5.29. The number of amides is 1. The molecule has 2 aromatic rings. The van der Waals surface area contributed by atoms with Crippen molar-refractivity contribution in [3.63, 3.8) is 0 Å². The zero-order valence-electron chi connectivity index (χ0n) is 17.0. The SMILES string of the molecule is CNCC1CCN(C(=O)c2cccc(CSc3ccc(C)cc3C)c2)CC1.Cl. The molecule has 3 nitrogen and oxygen atoms in total. The van der Waals surface area contributed by atoms with Gasteiger partial charge >= 0.3 is 0 Å². The maximum absolute atomic E-state index is 12.9. The van der Waals surface area contributed by atoms with E-state index in [4.69, 9.17) is 0 Å². The van der Waals surface area contributed by atoms with Crippen molar-refractivity contribution in [3.05, 3.63) is 64.7 Å². The lowest BCUT2D eigenvalue weighted by molar-refractivity contribution is 0.0691. The molecule has 1 heterocycles. The van der Waals surface area contributed by atoms with E-state index in [0.29, 0.717) is 5.92 Å². The van der Waals surface area contributed by atoms with Crippen LogP contribution in [0.25, 0.3) is 0 Å². The monoisotopic (exact) mass is 418 g/mol. The van der Waals surface area contributed by atoms with Gasteiger partial charge in [-0.15, -0.1) is 24.2 Å². The zero-order valence-corrected chi connectivity index (χ0v) is 18.7. The van der Waals surface area contributed by atoms with Crippen LogP contribution < -0.4 is 5.32 Å². The van der Waals surface area contributed by atoms with Crippen LogP contribution >= 0.6 is 24.2 Å². The first-order valence-electron chi connectivity index (χ1n) is 9.79. The van der Waals surface area contributed by atoms with Gasteiger partial charge in [-0.3, -0.25) is 4.79 Å². The van der Waals surface area contributed by atoms with Crippen molar-refractivity contribution in [2.24, 2.45) is 5.92 Å². The van der Waals surface area contributed by atoms with Crippen LogP contribution in [0.1, 0.15) is 39.9 Å². The summed E-state index contributed by atoms with van der Waals surface area (Å²) >= 11 is 1.84. The standard InChI is InChI=1S/C23H30N2OS.ClH/c1-17-7-8-22(18(2)13-17)27-16-20-5-4-6-21(14-20)23(26)25-11-9-19(10-12-25)15-24-3;/h4-8,13-14,19,24H,9-12,15-16H2,1-3H3;1H. The molecule has 0 radical (unpaired) electrons. The molecule has 1 N–H and O–H groups in total. The van der Waals surface area contributed by atoms with E-state index in [1.165, 1.54) is 21.6 Å². The molecule has 1 aliphatic rings. The fourth-order valence-corrected chi connectivity index (χ4v) is 4.68. The van der Waals surface area contributed by atoms with Gasteiger partial charge in [-0.1, -0.05) is 29.8 Å². The molecule has 1 aliphatic heterocycles. The van der Waals surface area contributed by atoms with E-state index in [0.717, 1.165) is 43.8 Å². The van der Waals surface area contributed by atoms with E-state index in [1.807, 2.05) is 35.8 Å². The number of halogens is 1. The molecule has 1 amide bonds. The van der Waals surface area contributed by atoms with E-state index < -0.39 is 0 Å². The van der Waals surface area contributed by atoms with E-state index in [1.54, 1.807) is 0 Å². The fourth-order valence-electron chi connectivity index (χ4n) is 3.73. The van der Waals surface area contributed by atoms with Gasteiger partial charge in [0.15, 0.2) is 0 Å². The van der Waals surface area contributed by atoms with E-state index in [9.17, 15) is 4.79 Å². The third kappa shape index (κ3) is 6.00. The molecular weight excluding hydrogens is 388 g/mol. The Hall–Kier alpha value is -1.49. The van der Waals surface area contributed by atoms with Crippen LogP contribution in [0.2, 0.25) is 0 Å². The maximum Gasteiger partial charge on any atom is 0.253 e. The first-order valence-corrected chi connectivity index (χ1v) is 10.8. The van der Waals surface area contributed by atoms with Gasteiger partial charge in [0, 0.05) is 29.3 Å². The van der Waals surface area contributed by atoms with Crippen molar-refractivity contribution in [1.82, 2.24) is 10.2 Å². The Balaban J connectivity index is 0.00000280. The molecule has 0 atom stereocenters. The Kier molecular flexibility index (Phi) is 8.87. The summed E-state index contributed by atoms with van der Waals surface area (Å²) in [5.74, 6) is 1.76. The van der Waals surface area contributed by atoms with E-state index in [-0.39, 0.29) is 18.3 Å². The molecule has 0 unspecified atom stereocenters. The average Bonchev–Trinajstić information content (AvgIpc) is 2.68. The molecular formula is C23H31ClN2OS. The Bertz CT molecular complexity index is 788. The molecule has 0 bridgehead atoms. The summed E-state index contributed by atoms with van der Waals surface area (Å²) in [4.78, 5) is 16.2. The first kappa shape index (κ1) is 22.8. The smallest absolute Gasteiger partial charge is 0.253 e. The minimum absolute atomic E-state index is 0. The largest absolute Gasteiger partial charge is 0.339 e. The highest BCUT2D eigenvalue weighted by Crippen LogP contribution is 2.27. The van der Waals surface area contributed by atoms with Crippen LogP contribution in [0.3, 0.4) is 0 Å². The summed E-state index contributed by atoms with van der Waals surface area (Å²) in [6, 6.07) is 14.7. The number of nitrogens with zero attached hydrogens (tertiary/aromatic N) is 1. The topological polar surface area (TPSA) is 32.3 Å². The molecule has 3 rings (SSSR count). The molecule has 0 saturated carbocycles. The Morgan fingerprint density at radius 3 is 2.57 bits per heavy atom. The minimum Gasteiger partial charge on any atom is -0.339 e. The quantitative estimate of drug-likeness (QED) is 0.663. The van der Waals surface area contributed by atoms with Gasteiger partial charge in [0.25, 0.3) is 5.91 Å². The summed E-state index contributed by atoms with van der Waals surface area (Å²) in [6.45, 7) is 7.07. The summed E-state index contributed by atoms with van der Waals surface area (Å²) in [7, 11) is 2.00. The summed E-state index contributed by atoms with van der Waals surface area (Å²) < 4.78 is 0. The highest BCUT2D eigenvalue weighted by molar-refractivity contribution is 7.98. The number of thioether (sulfide) groups is 1. The zero-order chi connectivity index (χ0) is 19.2. The minimum atomic E-state index is 0. The normalized spacial score (nSPS) is 14.6. The average molecular weight is 419 g/mol. The van der Waals surface area contributed by atoms with Crippen molar-refractivity contribution < 1.29 is 4.79 Å². The van der Waals surface area contributed by atoms with Crippen molar-refractivity contribution >= 4 is 30.1 Å². The van der Waals surface area contributed by atoms with Gasteiger partial charge < -0.3 is 10.2 Å². The van der Waals surface area contributed by atoms with Crippen molar-refractivity contribution in [1.29, 1.82) is 0 Å². The molecule has 1 saturated heterocycles. The second kappa shape index (κ2) is 10.9. The lowest BCUT2D eigenvalue weighted by Crippen LogP contribution is -2.40. The number of carbonyl (C=O) groups is 1. The molecule has 1 fully saturated rings. The molecule has 5 heteroatoms. The van der Waals surface area contributed by atoms with Crippen LogP contribution in [0.4, 0.5) is 0 Å². The highest BCUT2D eigenvalue weighted by Gasteiger charge is 2.23. The van der Waals surface area contributed by atoms with Crippen molar-refractivity contribution in [2.75, 3.05) is 26.7 Å². The Morgan fingerprint density at radius 2 is 1.89 bits per heavy atom. The first-order chi connectivity index (χ1) is 13.1. The number of likely N-dealkylation sites (tertiary alicyclic amines) is 1. The number of piperidine rings is 1. The number of nitrogens with one attached hydrogen (secondary N) is 1. The molecule has 0 aromatic heterocycles. The predicted molar refractivity (Wildman–Crippen MR) is 122 cm³/mol. The summed E-state index contributed by atoms with van der Waals surface area (Å²) in [5, 5.41) is 3.25. The van der Waals surface area contributed by atoms with Gasteiger partial charge in [0.05, 0.1) is 0 Å². The summed E-state index contributed by atoms with van der Waals surface area (Å²) in [5.41, 5.74) is 4.64. The van der Waals surface area contributed by atoms with Gasteiger partial charge in [-0.05, 0) is 75.5 Å². The van der Waals surface area contributed by atoms with Gasteiger partial charge in [0.2, 0.25) is 0 Å². The lowest BCUT2D eigenvalue weighted by atomic mass is 9.96. The van der Waals surface area contributed by atoms with Gasteiger partial charge in [-0.25, -0.2) is 0 Å². The fraction of sp³-hybridized carbons (Fsp3) is 0.435. The van der Waals surface area contributed by atoms with Crippen LogP contribution in [0.15, 0.2) is 47.4 Å². The number of aryl methyl sites for hydroxylation is 2. The molecule has 0 spiro atoms. The number of carbonyl (C=O) groups excluding carboxylic acids is 1.